The molecule has 0 spiro atoms. The van der Waals surface area contributed by atoms with Crippen LogP contribution in [0, 0.1) is 17.6 Å². The second kappa shape index (κ2) is 11.5. The average Bonchev–Trinajstić information content (AvgIpc) is 3.59. The summed E-state index contributed by atoms with van der Waals surface area (Å²) in [6.45, 7) is 3.88. The number of amides is 1. The fourth-order valence-corrected chi connectivity index (χ4v) is 3.49. The van der Waals surface area contributed by atoms with E-state index in [9.17, 15) is 13.6 Å². The van der Waals surface area contributed by atoms with E-state index in [-0.39, 0.29) is 11.1 Å². The molecule has 1 saturated heterocycles. The molecule has 1 saturated carbocycles. The third-order valence-electron chi connectivity index (χ3n) is 5.39. The maximum absolute atomic E-state index is 13.3. The van der Waals surface area contributed by atoms with Gasteiger partial charge < -0.3 is 10.6 Å². The molecular weight excluding hydrogens is 402 g/mol. The third-order valence-corrected chi connectivity index (χ3v) is 5.39. The van der Waals surface area contributed by atoms with Crippen molar-refractivity contribution in [2.24, 2.45) is 11.7 Å². The molecule has 1 atom stereocenters. The lowest BCUT2D eigenvalue weighted by Crippen LogP contribution is -2.38. The summed E-state index contributed by atoms with van der Waals surface area (Å²) in [5.41, 5.74) is 6.63. The summed E-state index contributed by atoms with van der Waals surface area (Å²) in [5.74, 6) is -0.327. The molecule has 2 N–H and O–H groups in total. The number of nitrogens with two attached hydrogens (primary N) is 1. The summed E-state index contributed by atoms with van der Waals surface area (Å²) in [7, 11) is 0. The zero-order chi connectivity index (χ0) is 22.1. The van der Waals surface area contributed by atoms with Gasteiger partial charge in [0.15, 0.2) is 0 Å². The molecule has 1 aliphatic carbocycles. The van der Waals surface area contributed by atoms with E-state index >= 15 is 0 Å². The predicted octanol–water partition coefficient (Wildman–Crippen LogP) is 5.30. The van der Waals surface area contributed by atoms with Crippen LogP contribution in [0.3, 0.4) is 0 Å². The normalized spacial score (nSPS) is 20.8. The Labute approximate surface area is 184 Å². The molecule has 1 unspecified atom stereocenters. The lowest BCUT2D eigenvalue weighted by molar-refractivity contribution is -0.132. The SMILES string of the molecule is CC1(N)CCCN(C(=O)C2CC2)CC1.CS.Fc1cccc(F)c1-c1ccccc1. The van der Waals surface area contributed by atoms with E-state index in [0.29, 0.717) is 17.4 Å². The number of hydrogen-bond donors (Lipinski definition) is 2. The molecule has 3 nitrogen and oxygen atoms in total. The smallest absolute Gasteiger partial charge is 0.225 e. The summed E-state index contributed by atoms with van der Waals surface area (Å²) in [6, 6.07) is 12.5. The van der Waals surface area contributed by atoms with Gasteiger partial charge in [-0.25, -0.2) is 8.78 Å². The summed E-state index contributed by atoms with van der Waals surface area (Å²) >= 11 is 3.53. The van der Waals surface area contributed by atoms with Gasteiger partial charge in [-0.2, -0.15) is 12.6 Å². The van der Waals surface area contributed by atoms with E-state index in [0.717, 1.165) is 45.2 Å². The Kier molecular flexibility index (Phi) is 9.31. The highest BCUT2D eigenvalue weighted by Crippen LogP contribution is 2.32. The molecule has 1 amide bonds. The third kappa shape index (κ3) is 7.10. The van der Waals surface area contributed by atoms with Crippen molar-refractivity contribution in [3.8, 4) is 11.1 Å². The summed E-state index contributed by atoms with van der Waals surface area (Å²) < 4.78 is 26.6. The van der Waals surface area contributed by atoms with E-state index in [1.54, 1.807) is 30.5 Å². The monoisotopic (exact) mass is 434 g/mol. The van der Waals surface area contributed by atoms with Gasteiger partial charge in [0.25, 0.3) is 0 Å². The Morgan fingerprint density at radius 1 is 1.00 bits per heavy atom. The molecule has 0 bridgehead atoms. The molecule has 2 aromatic carbocycles. The van der Waals surface area contributed by atoms with Crippen LogP contribution in [0.2, 0.25) is 0 Å². The van der Waals surface area contributed by atoms with Crippen LogP contribution in [0.5, 0.6) is 0 Å². The van der Waals surface area contributed by atoms with Gasteiger partial charge in [0.05, 0.1) is 5.56 Å². The first-order valence-electron chi connectivity index (χ1n) is 10.4. The van der Waals surface area contributed by atoms with Crippen molar-refractivity contribution in [3.05, 3.63) is 60.2 Å². The number of nitrogens with zero attached hydrogens (tertiary/aromatic N) is 1. The first kappa shape index (κ1) is 24.4. The first-order chi connectivity index (χ1) is 14.4. The lowest BCUT2D eigenvalue weighted by atomic mass is 9.95. The predicted molar refractivity (Wildman–Crippen MR) is 122 cm³/mol. The second-order valence-electron chi connectivity index (χ2n) is 8.07. The van der Waals surface area contributed by atoms with E-state index in [1.807, 2.05) is 11.0 Å². The number of benzene rings is 2. The molecule has 30 heavy (non-hydrogen) atoms. The van der Waals surface area contributed by atoms with Crippen LogP contribution < -0.4 is 5.73 Å². The Morgan fingerprint density at radius 2 is 1.60 bits per heavy atom. The van der Waals surface area contributed by atoms with Crippen LogP contribution >= 0.6 is 12.6 Å². The Hall–Kier alpha value is -1.92. The Balaban J connectivity index is 0.000000197. The van der Waals surface area contributed by atoms with Crippen molar-refractivity contribution in [3.63, 3.8) is 0 Å². The minimum absolute atomic E-state index is 0.0353. The molecule has 164 valence electrons. The number of likely N-dealkylation sites (tertiary alicyclic amines) is 1. The van der Waals surface area contributed by atoms with Crippen LogP contribution in [-0.4, -0.2) is 35.7 Å². The van der Waals surface area contributed by atoms with Crippen LogP contribution in [0.25, 0.3) is 11.1 Å². The van der Waals surface area contributed by atoms with Gasteiger partial charge in [-0.05, 0) is 63.0 Å². The molecule has 2 fully saturated rings. The molecule has 0 radical (unpaired) electrons. The topological polar surface area (TPSA) is 46.3 Å². The maximum Gasteiger partial charge on any atom is 0.225 e. The number of carbonyl (C=O) groups is 1. The fraction of sp³-hybridized carbons (Fsp3) is 0.458. The molecule has 1 aliphatic heterocycles. The first-order valence-corrected chi connectivity index (χ1v) is 11.3. The van der Waals surface area contributed by atoms with Crippen LogP contribution in [0.4, 0.5) is 8.78 Å². The number of rotatable bonds is 2. The van der Waals surface area contributed by atoms with Gasteiger partial charge >= 0.3 is 0 Å². The van der Waals surface area contributed by atoms with Crippen molar-refractivity contribution in [2.75, 3.05) is 19.3 Å². The number of hydrogen-bond acceptors (Lipinski definition) is 3. The van der Waals surface area contributed by atoms with Crippen LogP contribution in [0.15, 0.2) is 48.5 Å². The molecule has 6 heteroatoms. The highest BCUT2D eigenvalue weighted by molar-refractivity contribution is 7.79. The second-order valence-corrected chi connectivity index (χ2v) is 8.07. The number of halogens is 2. The van der Waals surface area contributed by atoms with E-state index in [4.69, 9.17) is 5.73 Å². The van der Waals surface area contributed by atoms with Crippen molar-refractivity contribution < 1.29 is 13.6 Å². The minimum atomic E-state index is -0.531. The van der Waals surface area contributed by atoms with E-state index in [1.165, 1.54) is 18.2 Å². The highest BCUT2D eigenvalue weighted by atomic mass is 32.1. The average molecular weight is 435 g/mol. The fourth-order valence-electron chi connectivity index (χ4n) is 3.49. The number of carbonyl (C=O) groups excluding carboxylic acids is 1. The molecule has 2 aromatic rings. The van der Waals surface area contributed by atoms with Gasteiger partial charge in [-0.3, -0.25) is 4.79 Å². The van der Waals surface area contributed by atoms with E-state index in [2.05, 4.69) is 19.6 Å². The van der Waals surface area contributed by atoms with Crippen molar-refractivity contribution in [1.29, 1.82) is 0 Å². The minimum Gasteiger partial charge on any atom is -0.342 e. The zero-order valence-electron chi connectivity index (χ0n) is 17.8. The van der Waals surface area contributed by atoms with Crippen molar-refractivity contribution in [1.82, 2.24) is 4.90 Å². The number of thiol groups is 1. The maximum atomic E-state index is 13.3. The van der Waals surface area contributed by atoms with Gasteiger partial charge in [0, 0.05) is 24.5 Å². The summed E-state index contributed by atoms with van der Waals surface area (Å²) in [4.78, 5) is 13.8. The van der Waals surface area contributed by atoms with Gasteiger partial charge in [0.2, 0.25) is 5.91 Å². The van der Waals surface area contributed by atoms with Crippen molar-refractivity contribution >= 4 is 18.5 Å². The van der Waals surface area contributed by atoms with Gasteiger partial charge in [-0.1, -0.05) is 36.4 Å². The summed E-state index contributed by atoms with van der Waals surface area (Å²) in [5, 5.41) is 0. The quantitative estimate of drug-likeness (QED) is 0.630. The Bertz CT molecular complexity index is 790. The molecule has 1 heterocycles. The van der Waals surface area contributed by atoms with Gasteiger partial charge in [-0.15, -0.1) is 0 Å². The largest absolute Gasteiger partial charge is 0.342 e. The standard InChI is InChI=1S/C12H8F2.C11H20N2O.CH4S/c13-10-7-4-8-11(14)12(10)9-5-2-1-3-6-9;1-11(12)5-2-7-13(8-6-11)10(14)9-3-4-9;1-2/h1-8H;9H,2-8,12H2,1H3;2H,1H3. The summed E-state index contributed by atoms with van der Waals surface area (Å²) in [6.07, 6.45) is 6.96. The highest BCUT2D eigenvalue weighted by Gasteiger charge is 2.35. The van der Waals surface area contributed by atoms with Crippen LogP contribution in [-0.2, 0) is 4.79 Å². The van der Waals surface area contributed by atoms with Gasteiger partial charge in [0.1, 0.15) is 11.6 Å². The molecule has 2 aliphatic rings. The van der Waals surface area contributed by atoms with E-state index < -0.39 is 11.6 Å². The lowest BCUT2D eigenvalue weighted by Gasteiger charge is -2.23. The van der Waals surface area contributed by atoms with Crippen molar-refractivity contribution in [2.45, 2.75) is 44.6 Å². The molecule has 4 rings (SSSR count). The zero-order valence-corrected chi connectivity index (χ0v) is 18.7. The van der Waals surface area contributed by atoms with Crippen LogP contribution in [0.1, 0.15) is 39.0 Å². The molecule has 0 aromatic heterocycles. The molecular formula is C24H32F2N2OS. The Morgan fingerprint density at radius 3 is 2.17 bits per heavy atom.